The number of piperazine rings is 1. The molecule has 1 aromatic carbocycles. The highest BCUT2D eigenvalue weighted by molar-refractivity contribution is 5.94. The number of hydrogen-bond acceptors (Lipinski definition) is 7. The van der Waals surface area contributed by atoms with Gasteiger partial charge in [0.25, 0.3) is 5.91 Å². The summed E-state index contributed by atoms with van der Waals surface area (Å²) in [7, 11) is 1.26. The first kappa shape index (κ1) is 19.8. The van der Waals surface area contributed by atoms with Gasteiger partial charge in [0.15, 0.2) is 11.5 Å². The van der Waals surface area contributed by atoms with Crippen LogP contribution in [0.1, 0.15) is 32.2 Å². The Labute approximate surface area is 163 Å². The van der Waals surface area contributed by atoms with Crippen molar-refractivity contribution in [3.05, 3.63) is 52.9 Å². The number of carbonyl (C=O) groups is 3. The van der Waals surface area contributed by atoms with Gasteiger partial charge in [-0.05, 0) is 19.1 Å². The van der Waals surface area contributed by atoms with Crippen molar-refractivity contribution in [1.82, 2.24) is 15.0 Å². The van der Waals surface area contributed by atoms with Crippen LogP contribution in [0.2, 0.25) is 0 Å². The van der Waals surface area contributed by atoms with Gasteiger partial charge in [-0.25, -0.2) is 4.79 Å². The molecule has 0 N–H and O–H groups in total. The van der Waals surface area contributed by atoms with Gasteiger partial charge in [0.2, 0.25) is 0 Å². The molecule has 0 saturated carbocycles. The van der Waals surface area contributed by atoms with E-state index in [1.807, 2.05) is 23.1 Å². The molecule has 1 aliphatic rings. The normalized spacial score (nSPS) is 14.7. The lowest BCUT2D eigenvalue weighted by atomic mass is 10.1. The Morgan fingerprint density at radius 1 is 1.11 bits per heavy atom. The van der Waals surface area contributed by atoms with Gasteiger partial charge in [-0.15, -0.1) is 0 Å². The number of methoxy groups -OCH3 is 1. The number of nitrogens with zero attached hydrogens (tertiary/aromatic N) is 3. The lowest BCUT2D eigenvalue weighted by Gasteiger charge is -2.34. The molecule has 1 saturated heterocycles. The van der Waals surface area contributed by atoms with Gasteiger partial charge >= 0.3 is 5.97 Å². The molecule has 28 heavy (non-hydrogen) atoms. The third kappa shape index (κ3) is 4.45. The monoisotopic (exact) mass is 385 g/mol. The number of aromatic nitrogens is 1. The van der Waals surface area contributed by atoms with Crippen molar-refractivity contribution < 1.29 is 23.6 Å². The zero-order valence-electron chi connectivity index (χ0n) is 16.0. The van der Waals surface area contributed by atoms with Gasteiger partial charge in [-0.1, -0.05) is 23.4 Å². The van der Waals surface area contributed by atoms with Crippen LogP contribution in [0.5, 0.6) is 0 Å². The molecule has 148 valence electrons. The average molecular weight is 385 g/mol. The van der Waals surface area contributed by atoms with Gasteiger partial charge in [0, 0.05) is 43.7 Å². The lowest BCUT2D eigenvalue weighted by molar-refractivity contribution is -0.119. The third-order valence-corrected chi connectivity index (χ3v) is 4.82. The van der Waals surface area contributed by atoms with Crippen LogP contribution in [-0.4, -0.2) is 72.4 Å². The van der Waals surface area contributed by atoms with Gasteiger partial charge in [0.1, 0.15) is 5.76 Å². The topological polar surface area (TPSA) is 92.9 Å². The van der Waals surface area contributed by atoms with Gasteiger partial charge < -0.3 is 14.2 Å². The van der Waals surface area contributed by atoms with E-state index in [-0.39, 0.29) is 30.3 Å². The molecule has 0 spiro atoms. The first-order chi connectivity index (χ1) is 13.5. The predicted molar refractivity (Wildman–Crippen MR) is 100 cm³/mol. The van der Waals surface area contributed by atoms with Gasteiger partial charge in [-0.2, -0.15) is 0 Å². The number of amides is 1. The number of Topliss-reactive ketones (excluding diaryl/α,β-unsaturated/α-hetero) is 1. The summed E-state index contributed by atoms with van der Waals surface area (Å²) in [6.07, 6.45) is 0.0585. The summed E-state index contributed by atoms with van der Waals surface area (Å²) >= 11 is 0. The number of benzene rings is 1. The van der Waals surface area contributed by atoms with E-state index in [1.54, 1.807) is 24.0 Å². The maximum atomic E-state index is 12.5. The quantitative estimate of drug-likeness (QED) is 0.693. The lowest BCUT2D eigenvalue weighted by Crippen LogP contribution is -2.50. The van der Waals surface area contributed by atoms with E-state index in [0.717, 1.165) is 0 Å². The summed E-state index contributed by atoms with van der Waals surface area (Å²) in [6, 6.07) is 9.18. The number of carbonyl (C=O) groups excluding carboxylic acids is 3. The molecule has 0 bridgehead atoms. The Morgan fingerprint density at radius 2 is 1.79 bits per heavy atom. The predicted octanol–water partition coefficient (Wildman–Crippen LogP) is 1.34. The van der Waals surface area contributed by atoms with E-state index in [4.69, 9.17) is 4.52 Å². The molecule has 1 aromatic heterocycles. The zero-order valence-corrected chi connectivity index (χ0v) is 16.0. The summed E-state index contributed by atoms with van der Waals surface area (Å²) in [5, 5.41) is 3.68. The molecule has 3 rings (SSSR count). The van der Waals surface area contributed by atoms with Crippen LogP contribution in [0.3, 0.4) is 0 Å². The molecule has 1 aliphatic heterocycles. The molecule has 0 atom stereocenters. The molecular formula is C20H23N3O5. The van der Waals surface area contributed by atoms with Crippen LogP contribution >= 0.6 is 0 Å². The Hall–Kier alpha value is -3.00. The van der Waals surface area contributed by atoms with Crippen LogP contribution in [-0.2, 0) is 16.0 Å². The largest absolute Gasteiger partial charge is 0.464 e. The van der Waals surface area contributed by atoms with Crippen LogP contribution in [0, 0.1) is 6.92 Å². The molecule has 0 aliphatic carbocycles. The van der Waals surface area contributed by atoms with E-state index in [9.17, 15) is 14.4 Å². The third-order valence-electron chi connectivity index (χ3n) is 4.82. The van der Waals surface area contributed by atoms with E-state index >= 15 is 0 Å². The fourth-order valence-corrected chi connectivity index (χ4v) is 3.23. The van der Waals surface area contributed by atoms with Crippen LogP contribution in [0.25, 0.3) is 0 Å². The summed E-state index contributed by atoms with van der Waals surface area (Å²) in [5.41, 5.74) is 1.19. The second-order valence-electron chi connectivity index (χ2n) is 6.71. The zero-order chi connectivity index (χ0) is 20.1. The van der Waals surface area contributed by atoms with Crippen molar-refractivity contribution in [2.45, 2.75) is 13.3 Å². The fraction of sp³-hybridized carbons (Fsp3) is 0.400. The summed E-state index contributed by atoms with van der Waals surface area (Å²) < 4.78 is 9.70. The van der Waals surface area contributed by atoms with Crippen LogP contribution in [0.15, 0.2) is 34.9 Å². The first-order valence-electron chi connectivity index (χ1n) is 9.11. The SMILES string of the molecule is COC(=O)c1noc(C)c1CC(=O)CN1CCN(C(=O)c2ccccc2)CC1. The highest BCUT2D eigenvalue weighted by atomic mass is 16.5. The van der Waals surface area contributed by atoms with Gasteiger partial charge in [0.05, 0.1) is 13.7 Å². The Balaban J connectivity index is 1.53. The molecule has 8 heteroatoms. The number of ether oxygens (including phenoxy) is 1. The van der Waals surface area contributed by atoms with E-state index in [1.165, 1.54) is 7.11 Å². The van der Waals surface area contributed by atoms with E-state index in [0.29, 0.717) is 43.1 Å². The second-order valence-corrected chi connectivity index (χ2v) is 6.71. The number of esters is 1. The number of rotatable bonds is 6. The average Bonchev–Trinajstić information content (AvgIpc) is 3.08. The van der Waals surface area contributed by atoms with Crippen molar-refractivity contribution in [3.8, 4) is 0 Å². The maximum Gasteiger partial charge on any atom is 0.360 e. The number of ketones is 1. The molecule has 1 amide bonds. The van der Waals surface area contributed by atoms with Gasteiger partial charge in [-0.3, -0.25) is 14.5 Å². The molecule has 0 radical (unpaired) electrons. The summed E-state index contributed by atoms with van der Waals surface area (Å²) in [4.78, 5) is 40.5. The smallest absolute Gasteiger partial charge is 0.360 e. The van der Waals surface area contributed by atoms with Crippen LogP contribution < -0.4 is 0 Å². The van der Waals surface area contributed by atoms with Crippen molar-refractivity contribution >= 4 is 17.7 Å². The van der Waals surface area contributed by atoms with Crippen molar-refractivity contribution in [3.63, 3.8) is 0 Å². The molecular weight excluding hydrogens is 362 g/mol. The highest BCUT2D eigenvalue weighted by Crippen LogP contribution is 2.16. The fourth-order valence-electron chi connectivity index (χ4n) is 3.23. The van der Waals surface area contributed by atoms with Crippen molar-refractivity contribution in [1.29, 1.82) is 0 Å². The minimum atomic E-state index is -0.618. The molecule has 0 unspecified atom stereocenters. The Morgan fingerprint density at radius 3 is 2.43 bits per heavy atom. The van der Waals surface area contributed by atoms with Crippen molar-refractivity contribution in [2.75, 3.05) is 39.8 Å². The summed E-state index contributed by atoms with van der Waals surface area (Å²) in [5.74, 6) is -0.214. The van der Waals surface area contributed by atoms with E-state index < -0.39 is 5.97 Å². The second kappa shape index (κ2) is 8.79. The Kier molecular flexibility index (Phi) is 6.20. The number of hydrogen-bond donors (Lipinski definition) is 0. The molecule has 1 fully saturated rings. The number of aryl methyl sites for hydroxylation is 1. The molecule has 2 aromatic rings. The first-order valence-corrected chi connectivity index (χ1v) is 9.11. The van der Waals surface area contributed by atoms with E-state index in [2.05, 4.69) is 9.89 Å². The minimum Gasteiger partial charge on any atom is -0.464 e. The minimum absolute atomic E-state index is 0.00870. The van der Waals surface area contributed by atoms with Crippen molar-refractivity contribution in [2.24, 2.45) is 0 Å². The highest BCUT2D eigenvalue weighted by Gasteiger charge is 2.26. The molecule has 2 heterocycles. The maximum absolute atomic E-state index is 12.5. The Bertz CT molecular complexity index is 854. The van der Waals surface area contributed by atoms with Crippen LogP contribution in [0.4, 0.5) is 0 Å². The molecule has 8 nitrogen and oxygen atoms in total. The standard InChI is InChI=1S/C20H23N3O5/c1-14-17(18(21-28-14)20(26)27-2)12-16(24)13-22-8-10-23(11-9-22)19(25)15-6-4-3-5-7-15/h3-7H,8-13H2,1-2H3. The summed E-state index contributed by atoms with van der Waals surface area (Å²) in [6.45, 7) is 4.30.